The first-order valence-corrected chi connectivity index (χ1v) is 6.93. The van der Waals surface area contributed by atoms with E-state index in [-0.39, 0.29) is 11.2 Å². The molecule has 106 valence electrons. The van der Waals surface area contributed by atoms with Gasteiger partial charge in [-0.2, -0.15) is 0 Å². The topological polar surface area (TPSA) is 56.9 Å². The number of alkyl halides is 1. The van der Waals surface area contributed by atoms with Crippen molar-refractivity contribution in [3.05, 3.63) is 62.7 Å². The Bertz CT molecular complexity index is 692. The standard InChI is InChI=1S/C14H16ClN3O2/c1-11-9-17(10-12-5-2-3-7-16-12)14(20)18(13(11)19)8-4-6-15/h2-3,5,7,9H,4,6,8,10H2,1H3. The number of halogens is 1. The van der Waals surface area contributed by atoms with Gasteiger partial charge in [-0.05, 0) is 25.5 Å². The fraction of sp³-hybridized carbons (Fsp3) is 0.357. The quantitative estimate of drug-likeness (QED) is 0.783. The lowest BCUT2D eigenvalue weighted by molar-refractivity contribution is 0.559. The lowest BCUT2D eigenvalue weighted by Crippen LogP contribution is -2.41. The average molecular weight is 294 g/mol. The van der Waals surface area contributed by atoms with Crippen molar-refractivity contribution < 1.29 is 0 Å². The number of pyridine rings is 1. The average Bonchev–Trinajstić information content (AvgIpc) is 2.46. The lowest BCUT2D eigenvalue weighted by Gasteiger charge is -2.11. The van der Waals surface area contributed by atoms with Crippen molar-refractivity contribution in [3.63, 3.8) is 0 Å². The van der Waals surface area contributed by atoms with Crippen LogP contribution >= 0.6 is 11.6 Å². The minimum Gasteiger partial charge on any atom is -0.294 e. The maximum Gasteiger partial charge on any atom is 0.331 e. The van der Waals surface area contributed by atoms with Crippen LogP contribution in [-0.4, -0.2) is 20.0 Å². The number of hydrogen-bond acceptors (Lipinski definition) is 3. The van der Waals surface area contributed by atoms with Gasteiger partial charge in [0, 0.05) is 30.4 Å². The molecule has 0 atom stereocenters. The van der Waals surface area contributed by atoms with Crippen LogP contribution in [0.25, 0.3) is 0 Å². The first-order chi connectivity index (χ1) is 9.63. The third-order valence-electron chi connectivity index (χ3n) is 2.98. The van der Waals surface area contributed by atoms with E-state index in [2.05, 4.69) is 4.98 Å². The predicted octanol–water partition coefficient (Wildman–Crippen LogP) is 1.39. The van der Waals surface area contributed by atoms with Crippen LogP contribution in [0.15, 0.2) is 40.2 Å². The highest BCUT2D eigenvalue weighted by Gasteiger charge is 2.09. The molecule has 0 saturated heterocycles. The molecule has 0 unspecified atom stereocenters. The van der Waals surface area contributed by atoms with Crippen molar-refractivity contribution in [2.75, 3.05) is 5.88 Å². The molecule has 2 heterocycles. The molecule has 0 spiro atoms. The highest BCUT2D eigenvalue weighted by Crippen LogP contribution is 1.97. The molecule has 0 N–H and O–H groups in total. The van der Waals surface area contributed by atoms with Crippen molar-refractivity contribution >= 4 is 11.6 Å². The van der Waals surface area contributed by atoms with Crippen LogP contribution in [0.3, 0.4) is 0 Å². The third kappa shape index (κ3) is 3.17. The maximum absolute atomic E-state index is 12.3. The van der Waals surface area contributed by atoms with E-state index >= 15 is 0 Å². The molecule has 0 bridgehead atoms. The van der Waals surface area contributed by atoms with E-state index in [1.807, 2.05) is 18.2 Å². The van der Waals surface area contributed by atoms with Crippen molar-refractivity contribution in [2.45, 2.75) is 26.4 Å². The summed E-state index contributed by atoms with van der Waals surface area (Å²) in [4.78, 5) is 28.5. The van der Waals surface area contributed by atoms with Crippen LogP contribution in [-0.2, 0) is 13.1 Å². The molecule has 0 radical (unpaired) electrons. The SMILES string of the molecule is Cc1cn(Cc2ccccn2)c(=O)n(CCCCl)c1=O. The normalized spacial score (nSPS) is 10.7. The molecule has 0 aliphatic heterocycles. The molecule has 0 amide bonds. The van der Waals surface area contributed by atoms with E-state index < -0.39 is 0 Å². The number of rotatable bonds is 5. The van der Waals surface area contributed by atoms with Crippen molar-refractivity contribution in [1.29, 1.82) is 0 Å². The molecule has 6 heteroatoms. The maximum atomic E-state index is 12.3. The van der Waals surface area contributed by atoms with E-state index in [9.17, 15) is 9.59 Å². The van der Waals surface area contributed by atoms with E-state index in [1.54, 1.807) is 19.3 Å². The zero-order valence-electron chi connectivity index (χ0n) is 11.3. The molecule has 0 aliphatic carbocycles. The summed E-state index contributed by atoms with van der Waals surface area (Å²) < 4.78 is 2.74. The van der Waals surface area contributed by atoms with E-state index in [1.165, 1.54) is 9.13 Å². The Morgan fingerprint density at radius 1 is 1.30 bits per heavy atom. The monoisotopic (exact) mass is 293 g/mol. The van der Waals surface area contributed by atoms with Gasteiger partial charge in [0.05, 0.1) is 12.2 Å². The summed E-state index contributed by atoms with van der Waals surface area (Å²) in [6.45, 7) is 2.39. The largest absolute Gasteiger partial charge is 0.331 e. The highest BCUT2D eigenvalue weighted by molar-refractivity contribution is 6.17. The van der Waals surface area contributed by atoms with Crippen LogP contribution in [0.5, 0.6) is 0 Å². The van der Waals surface area contributed by atoms with Gasteiger partial charge in [0.1, 0.15) is 0 Å². The van der Waals surface area contributed by atoms with Gasteiger partial charge in [-0.15, -0.1) is 11.6 Å². The van der Waals surface area contributed by atoms with E-state index in [0.29, 0.717) is 31.0 Å². The molecule has 20 heavy (non-hydrogen) atoms. The molecule has 0 aliphatic rings. The summed E-state index contributed by atoms with van der Waals surface area (Å²) in [7, 11) is 0. The van der Waals surface area contributed by atoms with Crippen molar-refractivity contribution in [3.8, 4) is 0 Å². The fourth-order valence-corrected chi connectivity index (χ4v) is 2.11. The molecule has 0 aromatic carbocycles. The van der Waals surface area contributed by atoms with Gasteiger partial charge in [-0.1, -0.05) is 6.07 Å². The Kier molecular flexibility index (Phi) is 4.74. The zero-order valence-corrected chi connectivity index (χ0v) is 12.0. The second-order valence-electron chi connectivity index (χ2n) is 4.54. The Balaban J connectivity index is 2.42. The summed E-state index contributed by atoms with van der Waals surface area (Å²) in [6.07, 6.45) is 3.84. The second-order valence-corrected chi connectivity index (χ2v) is 4.92. The molecule has 0 saturated carbocycles. The van der Waals surface area contributed by atoms with Gasteiger partial charge in [0.15, 0.2) is 0 Å². The molecule has 2 aromatic heterocycles. The van der Waals surface area contributed by atoms with Gasteiger partial charge in [-0.3, -0.25) is 18.9 Å². The first-order valence-electron chi connectivity index (χ1n) is 6.40. The third-order valence-corrected chi connectivity index (χ3v) is 3.25. The summed E-state index contributed by atoms with van der Waals surface area (Å²) >= 11 is 5.63. The Hall–Kier alpha value is -1.88. The van der Waals surface area contributed by atoms with Gasteiger partial charge in [-0.25, -0.2) is 4.79 Å². The predicted molar refractivity (Wildman–Crippen MR) is 78.4 cm³/mol. The number of aryl methyl sites for hydroxylation is 1. The van der Waals surface area contributed by atoms with Crippen LogP contribution < -0.4 is 11.2 Å². The Labute approximate surface area is 121 Å². The van der Waals surface area contributed by atoms with Gasteiger partial charge in [0.2, 0.25) is 0 Å². The van der Waals surface area contributed by atoms with Crippen LogP contribution in [0.4, 0.5) is 0 Å². The van der Waals surface area contributed by atoms with Crippen LogP contribution in [0.1, 0.15) is 17.7 Å². The number of nitrogens with zero attached hydrogens (tertiary/aromatic N) is 3. The Morgan fingerprint density at radius 2 is 2.10 bits per heavy atom. The summed E-state index contributed by atoms with van der Waals surface area (Å²) in [5.74, 6) is 0.417. The van der Waals surface area contributed by atoms with E-state index in [4.69, 9.17) is 11.6 Å². The molecular formula is C14H16ClN3O2. The Morgan fingerprint density at radius 3 is 2.75 bits per heavy atom. The summed E-state index contributed by atoms with van der Waals surface area (Å²) in [5, 5.41) is 0. The lowest BCUT2D eigenvalue weighted by atomic mass is 10.3. The number of aromatic nitrogens is 3. The zero-order chi connectivity index (χ0) is 14.5. The molecule has 2 aromatic rings. The minimum absolute atomic E-state index is 0.252. The molecule has 5 nitrogen and oxygen atoms in total. The first kappa shape index (κ1) is 14.5. The van der Waals surface area contributed by atoms with Gasteiger partial charge >= 0.3 is 5.69 Å². The minimum atomic E-state index is -0.323. The molecule has 2 rings (SSSR count). The van der Waals surface area contributed by atoms with Gasteiger partial charge < -0.3 is 0 Å². The highest BCUT2D eigenvalue weighted by atomic mass is 35.5. The van der Waals surface area contributed by atoms with Crippen LogP contribution in [0, 0.1) is 6.92 Å². The molecule has 0 fully saturated rings. The summed E-state index contributed by atoms with van der Waals surface area (Å²) in [6, 6.07) is 5.53. The van der Waals surface area contributed by atoms with Crippen molar-refractivity contribution in [1.82, 2.24) is 14.1 Å². The number of hydrogen-bond donors (Lipinski definition) is 0. The van der Waals surface area contributed by atoms with Crippen molar-refractivity contribution in [2.24, 2.45) is 0 Å². The van der Waals surface area contributed by atoms with Crippen LogP contribution in [0.2, 0.25) is 0 Å². The van der Waals surface area contributed by atoms with E-state index in [0.717, 1.165) is 5.69 Å². The fourth-order valence-electron chi connectivity index (χ4n) is 1.99. The summed E-state index contributed by atoms with van der Waals surface area (Å²) in [5.41, 5.74) is 0.736. The van der Waals surface area contributed by atoms with Gasteiger partial charge in [0.25, 0.3) is 5.56 Å². The smallest absolute Gasteiger partial charge is 0.294 e. The second kappa shape index (κ2) is 6.52. The molecular weight excluding hydrogens is 278 g/mol.